The molecular formula is C8H11NOS. The summed E-state index contributed by atoms with van der Waals surface area (Å²) in [5, 5.41) is 10.2. The largest absolute Gasteiger partial charge is 0.389 e. The van der Waals surface area contributed by atoms with Gasteiger partial charge in [-0.3, -0.25) is 0 Å². The first-order chi connectivity index (χ1) is 5.25. The third-order valence-corrected chi connectivity index (χ3v) is 2.17. The van der Waals surface area contributed by atoms with Crippen molar-refractivity contribution in [1.29, 1.82) is 0 Å². The summed E-state index contributed by atoms with van der Waals surface area (Å²) in [6, 6.07) is 3.73. The van der Waals surface area contributed by atoms with Crippen LogP contribution in [0.4, 0.5) is 0 Å². The third-order valence-electron chi connectivity index (χ3n) is 1.44. The summed E-state index contributed by atoms with van der Waals surface area (Å²) in [5.74, 6) is 0. The maximum Gasteiger partial charge on any atom is 0.101 e. The molecule has 1 rings (SSSR count). The van der Waals surface area contributed by atoms with Crippen LogP contribution in [0.3, 0.4) is 0 Å². The molecule has 0 radical (unpaired) electrons. The molecule has 0 aliphatic heterocycles. The van der Waals surface area contributed by atoms with Crippen molar-refractivity contribution in [3.63, 3.8) is 0 Å². The van der Waals surface area contributed by atoms with E-state index in [4.69, 9.17) is 0 Å². The van der Waals surface area contributed by atoms with Crippen molar-refractivity contribution in [3.8, 4) is 0 Å². The highest BCUT2D eigenvalue weighted by atomic mass is 32.2. The van der Waals surface area contributed by atoms with Crippen molar-refractivity contribution in [1.82, 2.24) is 4.98 Å². The van der Waals surface area contributed by atoms with Gasteiger partial charge >= 0.3 is 0 Å². The molecule has 3 heteroatoms. The first kappa shape index (κ1) is 8.56. The van der Waals surface area contributed by atoms with E-state index in [2.05, 4.69) is 4.98 Å². The molecule has 0 fully saturated rings. The standard InChI is InChI=1S/C8H11NOS/c1-6(10)7-4-3-5-9-8(7)11-2/h3-6,10H,1-2H3/t6-/m1/s1. The van der Waals surface area contributed by atoms with Gasteiger partial charge in [-0.15, -0.1) is 11.8 Å². The Kier molecular flexibility index (Phi) is 2.91. The van der Waals surface area contributed by atoms with Crippen LogP contribution in [0.25, 0.3) is 0 Å². The minimum Gasteiger partial charge on any atom is -0.389 e. The van der Waals surface area contributed by atoms with E-state index < -0.39 is 6.10 Å². The van der Waals surface area contributed by atoms with E-state index in [1.165, 1.54) is 0 Å². The molecule has 1 aromatic rings. The van der Waals surface area contributed by atoms with Crippen LogP contribution in [0.1, 0.15) is 18.6 Å². The number of pyridine rings is 1. The van der Waals surface area contributed by atoms with Crippen molar-refractivity contribution >= 4 is 11.8 Å². The van der Waals surface area contributed by atoms with Gasteiger partial charge in [0.05, 0.1) is 6.10 Å². The topological polar surface area (TPSA) is 33.1 Å². The molecule has 0 aromatic carbocycles. The average Bonchev–Trinajstić information content (AvgIpc) is 2.04. The molecule has 0 bridgehead atoms. The number of aliphatic hydroxyl groups is 1. The first-order valence-electron chi connectivity index (χ1n) is 3.42. The molecule has 0 saturated heterocycles. The second-order valence-electron chi connectivity index (χ2n) is 2.28. The molecular weight excluding hydrogens is 158 g/mol. The second-order valence-corrected chi connectivity index (χ2v) is 3.07. The molecule has 11 heavy (non-hydrogen) atoms. The van der Waals surface area contributed by atoms with Crippen LogP contribution in [0.5, 0.6) is 0 Å². The lowest BCUT2D eigenvalue weighted by Crippen LogP contribution is -1.94. The van der Waals surface area contributed by atoms with E-state index in [1.807, 2.05) is 18.4 Å². The van der Waals surface area contributed by atoms with Gasteiger partial charge in [-0.2, -0.15) is 0 Å². The van der Waals surface area contributed by atoms with Gasteiger partial charge < -0.3 is 5.11 Å². The second kappa shape index (κ2) is 3.74. The van der Waals surface area contributed by atoms with Crippen LogP contribution in [0.15, 0.2) is 23.4 Å². The molecule has 0 amide bonds. The molecule has 1 N–H and O–H groups in total. The zero-order valence-electron chi connectivity index (χ0n) is 6.61. The van der Waals surface area contributed by atoms with Gasteiger partial charge in [-0.25, -0.2) is 4.98 Å². The van der Waals surface area contributed by atoms with E-state index >= 15 is 0 Å². The average molecular weight is 169 g/mol. The van der Waals surface area contributed by atoms with Crippen molar-refractivity contribution < 1.29 is 5.11 Å². The Morgan fingerprint density at radius 2 is 2.36 bits per heavy atom. The van der Waals surface area contributed by atoms with E-state index in [1.54, 1.807) is 24.9 Å². The van der Waals surface area contributed by atoms with Gasteiger partial charge in [0.15, 0.2) is 0 Å². The molecule has 1 aromatic heterocycles. The fourth-order valence-corrected chi connectivity index (χ4v) is 1.53. The Morgan fingerprint density at radius 1 is 1.64 bits per heavy atom. The highest BCUT2D eigenvalue weighted by molar-refractivity contribution is 7.98. The zero-order chi connectivity index (χ0) is 8.27. The highest BCUT2D eigenvalue weighted by Crippen LogP contribution is 2.22. The number of thioether (sulfide) groups is 1. The van der Waals surface area contributed by atoms with Crippen LogP contribution in [-0.4, -0.2) is 16.3 Å². The molecule has 1 atom stereocenters. The van der Waals surface area contributed by atoms with Gasteiger partial charge in [-0.1, -0.05) is 6.07 Å². The lowest BCUT2D eigenvalue weighted by atomic mass is 10.2. The van der Waals surface area contributed by atoms with Crippen LogP contribution in [-0.2, 0) is 0 Å². The normalized spacial score (nSPS) is 13.0. The van der Waals surface area contributed by atoms with E-state index in [9.17, 15) is 5.11 Å². The molecule has 60 valence electrons. The first-order valence-corrected chi connectivity index (χ1v) is 4.65. The Labute approximate surface area is 70.7 Å². The molecule has 0 aliphatic carbocycles. The van der Waals surface area contributed by atoms with E-state index in [-0.39, 0.29) is 0 Å². The number of aliphatic hydroxyl groups excluding tert-OH is 1. The van der Waals surface area contributed by atoms with Gasteiger partial charge in [-0.05, 0) is 19.2 Å². The fraction of sp³-hybridized carbons (Fsp3) is 0.375. The summed E-state index contributed by atoms with van der Waals surface area (Å²) in [6.45, 7) is 1.75. The van der Waals surface area contributed by atoms with E-state index in [0.717, 1.165) is 10.6 Å². The van der Waals surface area contributed by atoms with Crippen LogP contribution in [0.2, 0.25) is 0 Å². The maximum absolute atomic E-state index is 9.28. The molecule has 0 unspecified atom stereocenters. The fourth-order valence-electron chi connectivity index (χ4n) is 0.892. The number of aromatic nitrogens is 1. The zero-order valence-corrected chi connectivity index (χ0v) is 7.43. The minimum absolute atomic E-state index is 0.425. The summed E-state index contributed by atoms with van der Waals surface area (Å²) in [7, 11) is 0. The number of rotatable bonds is 2. The number of hydrogen-bond acceptors (Lipinski definition) is 3. The van der Waals surface area contributed by atoms with Crippen molar-refractivity contribution in [2.45, 2.75) is 18.1 Å². The predicted octanol–water partition coefficient (Wildman–Crippen LogP) is 1.86. The Hall–Kier alpha value is -0.540. The van der Waals surface area contributed by atoms with Gasteiger partial charge in [0.2, 0.25) is 0 Å². The quantitative estimate of drug-likeness (QED) is 0.686. The summed E-state index contributed by atoms with van der Waals surface area (Å²) >= 11 is 1.55. The molecule has 2 nitrogen and oxygen atoms in total. The van der Waals surface area contributed by atoms with Crippen molar-refractivity contribution in [3.05, 3.63) is 23.9 Å². The van der Waals surface area contributed by atoms with Crippen molar-refractivity contribution in [2.24, 2.45) is 0 Å². The molecule has 0 aliphatic rings. The summed E-state index contributed by atoms with van der Waals surface area (Å²) in [5.41, 5.74) is 0.903. The smallest absolute Gasteiger partial charge is 0.101 e. The molecule has 1 heterocycles. The Balaban J connectivity index is 3.02. The predicted molar refractivity (Wildman–Crippen MR) is 46.7 cm³/mol. The monoisotopic (exact) mass is 169 g/mol. The van der Waals surface area contributed by atoms with Gasteiger partial charge in [0.1, 0.15) is 5.03 Å². The van der Waals surface area contributed by atoms with Gasteiger partial charge in [0, 0.05) is 11.8 Å². The van der Waals surface area contributed by atoms with Gasteiger partial charge in [0.25, 0.3) is 0 Å². The summed E-state index contributed by atoms with van der Waals surface area (Å²) < 4.78 is 0. The number of nitrogens with zero attached hydrogens (tertiary/aromatic N) is 1. The highest BCUT2D eigenvalue weighted by Gasteiger charge is 2.05. The molecule has 0 spiro atoms. The summed E-state index contributed by atoms with van der Waals surface area (Å²) in [6.07, 6.45) is 3.26. The SMILES string of the molecule is CSc1ncccc1[C@@H](C)O. The Morgan fingerprint density at radius 3 is 2.82 bits per heavy atom. The molecule has 0 saturated carbocycles. The maximum atomic E-state index is 9.28. The third kappa shape index (κ3) is 1.94. The van der Waals surface area contributed by atoms with Crippen LogP contribution in [0, 0.1) is 0 Å². The minimum atomic E-state index is -0.425. The lowest BCUT2D eigenvalue weighted by Gasteiger charge is -2.07. The van der Waals surface area contributed by atoms with Crippen molar-refractivity contribution in [2.75, 3.05) is 6.26 Å². The number of hydrogen-bond donors (Lipinski definition) is 1. The summed E-state index contributed by atoms with van der Waals surface area (Å²) in [4.78, 5) is 4.12. The van der Waals surface area contributed by atoms with Crippen LogP contribution < -0.4 is 0 Å². The van der Waals surface area contributed by atoms with E-state index in [0.29, 0.717) is 0 Å². The Bertz CT molecular complexity index is 237. The lowest BCUT2D eigenvalue weighted by molar-refractivity contribution is 0.195. The van der Waals surface area contributed by atoms with Crippen LogP contribution >= 0.6 is 11.8 Å².